The fourth-order valence-electron chi connectivity index (χ4n) is 4.82. The van der Waals surface area contributed by atoms with Gasteiger partial charge in [-0.3, -0.25) is 4.79 Å². The van der Waals surface area contributed by atoms with Crippen LogP contribution in [0.1, 0.15) is 61.5 Å². The highest BCUT2D eigenvalue weighted by Crippen LogP contribution is 2.48. The second kappa shape index (κ2) is 9.16. The van der Waals surface area contributed by atoms with E-state index in [0.29, 0.717) is 24.5 Å². The molecule has 1 saturated heterocycles. The number of benzene rings is 3. The van der Waals surface area contributed by atoms with Crippen molar-refractivity contribution in [2.75, 3.05) is 13.2 Å². The molecule has 3 aromatic rings. The Morgan fingerprint density at radius 3 is 2.50 bits per heavy atom. The number of fused-ring (bicyclic) bond motifs is 1. The maximum Gasteiger partial charge on any atom is 0.410 e. The highest BCUT2D eigenvalue weighted by atomic mass is 16.6. The van der Waals surface area contributed by atoms with E-state index in [1.165, 1.54) is 16.3 Å². The van der Waals surface area contributed by atoms with Crippen LogP contribution in [0.25, 0.3) is 10.8 Å². The minimum absolute atomic E-state index is 0.0282. The Balaban J connectivity index is 1.27. The third-order valence-corrected chi connectivity index (χ3v) is 7.08. The van der Waals surface area contributed by atoms with Gasteiger partial charge >= 0.3 is 6.09 Å². The largest absolute Gasteiger partial charge is 0.491 e. The van der Waals surface area contributed by atoms with E-state index in [0.717, 1.165) is 24.8 Å². The Kier molecular flexibility index (Phi) is 6.15. The van der Waals surface area contributed by atoms with E-state index in [9.17, 15) is 9.59 Å². The summed E-state index contributed by atoms with van der Waals surface area (Å²) in [6.07, 6.45) is 2.40. The third-order valence-electron chi connectivity index (χ3n) is 7.08. The van der Waals surface area contributed by atoms with Crippen molar-refractivity contribution in [1.29, 1.82) is 0 Å². The number of rotatable bonds is 6. The average Bonchev–Trinajstić information content (AvgIpc) is 3.58. The second-order valence-corrected chi connectivity index (χ2v) is 11.0. The third kappa shape index (κ3) is 4.90. The van der Waals surface area contributed by atoms with Gasteiger partial charge in [0.15, 0.2) is 0 Å². The van der Waals surface area contributed by atoms with E-state index >= 15 is 0 Å². The van der Waals surface area contributed by atoms with Crippen molar-refractivity contribution in [2.24, 2.45) is 0 Å². The van der Waals surface area contributed by atoms with E-state index in [4.69, 9.17) is 9.47 Å². The molecule has 6 heteroatoms. The highest BCUT2D eigenvalue weighted by molar-refractivity contribution is 5.97. The number of nitrogens with zero attached hydrogens (tertiary/aromatic N) is 1. The lowest BCUT2D eigenvalue weighted by atomic mass is 9.96. The van der Waals surface area contributed by atoms with Crippen molar-refractivity contribution in [1.82, 2.24) is 10.2 Å². The molecule has 1 N–H and O–H groups in total. The standard InChI is InChI=1S/C30H34N2O4/c1-20-12-13-23(35-19-22-14-17-32(22)28(34)36-29(2,3)4)18-25(20)27(33)31-30(15-16-30)26-11-7-9-21-8-5-6-10-24(21)26/h5-13,18,22H,14-17,19H2,1-4H3,(H,31,33). The molecule has 0 aromatic heterocycles. The summed E-state index contributed by atoms with van der Waals surface area (Å²) in [7, 11) is 0. The van der Waals surface area contributed by atoms with Crippen LogP contribution in [0.3, 0.4) is 0 Å². The molecule has 3 aromatic carbocycles. The number of amides is 2. The summed E-state index contributed by atoms with van der Waals surface area (Å²) >= 11 is 0. The van der Waals surface area contributed by atoms with Gasteiger partial charge in [-0.1, -0.05) is 48.5 Å². The lowest BCUT2D eigenvalue weighted by Crippen LogP contribution is -2.55. The molecular weight excluding hydrogens is 452 g/mol. The number of hydrogen-bond donors (Lipinski definition) is 1. The number of likely N-dealkylation sites (tertiary alicyclic amines) is 1. The summed E-state index contributed by atoms with van der Waals surface area (Å²) in [5, 5.41) is 5.69. The Morgan fingerprint density at radius 2 is 1.81 bits per heavy atom. The van der Waals surface area contributed by atoms with Crippen LogP contribution in [0, 0.1) is 6.92 Å². The first kappa shape index (κ1) is 24.2. The lowest BCUT2D eigenvalue weighted by molar-refractivity contribution is -0.0141. The predicted molar refractivity (Wildman–Crippen MR) is 140 cm³/mol. The van der Waals surface area contributed by atoms with Gasteiger partial charge in [-0.05, 0) is 81.0 Å². The van der Waals surface area contributed by atoms with Crippen LogP contribution in [0.4, 0.5) is 4.79 Å². The zero-order valence-electron chi connectivity index (χ0n) is 21.5. The Bertz CT molecular complexity index is 1300. The maximum absolute atomic E-state index is 13.4. The minimum Gasteiger partial charge on any atom is -0.491 e. The van der Waals surface area contributed by atoms with Crippen molar-refractivity contribution in [3.8, 4) is 5.75 Å². The Hall–Kier alpha value is -3.54. The van der Waals surface area contributed by atoms with Crippen LogP contribution in [0.5, 0.6) is 5.75 Å². The molecular formula is C30H34N2O4. The number of nitrogens with one attached hydrogen (secondary N) is 1. The van der Waals surface area contributed by atoms with Crippen LogP contribution < -0.4 is 10.1 Å². The molecule has 5 rings (SSSR count). The lowest BCUT2D eigenvalue weighted by Gasteiger charge is -2.41. The quantitative estimate of drug-likeness (QED) is 0.467. The highest BCUT2D eigenvalue weighted by Gasteiger charge is 2.46. The van der Waals surface area contributed by atoms with E-state index < -0.39 is 5.60 Å². The molecule has 2 fully saturated rings. The number of ether oxygens (including phenoxy) is 2. The number of carbonyl (C=O) groups is 2. The van der Waals surface area contributed by atoms with Crippen LogP contribution in [0.15, 0.2) is 60.7 Å². The predicted octanol–water partition coefficient (Wildman–Crippen LogP) is 5.96. The van der Waals surface area contributed by atoms with Gasteiger partial charge in [0.25, 0.3) is 5.91 Å². The first-order valence-electron chi connectivity index (χ1n) is 12.7. The number of aryl methyl sites for hydroxylation is 1. The molecule has 0 radical (unpaired) electrons. The number of hydrogen-bond acceptors (Lipinski definition) is 4. The molecule has 1 saturated carbocycles. The zero-order valence-corrected chi connectivity index (χ0v) is 21.5. The van der Waals surface area contributed by atoms with Crippen LogP contribution in [0.2, 0.25) is 0 Å². The summed E-state index contributed by atoms with van der Waals surface area (Å²) in [6.45, 7) is 8.56. The molecule has 2 amide bonds. The fraction of sp³-hybridized carbons (Fsp3) is 0.400. The molecule has 0 bridgehead atoms. The zero-order chi connectivity index (χ0) is 25.5. The van der Waals surface area contributed by atoms with E-state index in [1.54, 1.807) is 11.0 Å². The van der Waals surface area contributed by atoms with E-state index in [1.807, 2.05) is 52.0 Å². The molecule has 0 spiro atoms. The van der Waals surface area contributed by atoms with Crippen LogP contribution >= 0.6 is 0 Å². The summed E-state index contributed by atoms with van der Waals surface area (Å²) in [6, 6.07) is 20.2. The molecule has 1 aliphatic carbocycles. The number of carbonyl (C=O) groups excluding carboxylic acids is 2. The molecule has 1 unspecified atom stereocenters. The maximum atomic E-state index is 13.4. The van der Waals surface area contributed by atoms with Gasteiger partial charge in [-0.15, -0.1) is 0 Å². The molecule has 2 aliphatic rings. The van der Waals surface area contributed by atoms with Crippen molar-refractivity contribution in [2.45, 2.75) is 64.1 Å². The van der Waals surface area contributed by atoms with Gasteiger partial charge < -0.3 is 19.7 Å². The topological polar surface area (TPSA) is 67.9 Å². The average molecular weight is 487 g/mol. The minimum atomic E-state index is -0.526. The Morgan fingerprint density at radius 1 is 1.06 bits per heavy atom. The van der Waals surface area contributed by atoms with Gasteiger partial charge in [0.1, 0.15) is 18.0 Å². The van der Waals surface area contributed by atoms with Crippen molar-refractivity contribution < 1.29 is 19.1 Å². The molecule has 36 heavy (non-hydrogen) atoms. The van der Waals surface area contributed by atoms with Gasteiger partial charge in [-0.2, -0.15) is 0 Å². The van der Waals surface area contributed by atoms with E-state index in [2.05, 4.69) is 35.6 Å². The fourth-order valence-corrected chi connectivity index (χ4v) is 4.82. The van der Waals surface area contributed by atoms with Crippen molar-refractivity contribution >= 4 is 22.8 Å². The molecule has 1 atom stereocenters. The first-order chi connectivity index (χ1) is 17.2. The van der Waals surface area contributed by atoms with Gasteiger partial charge in [0, 0.05) is 12.1 Å². The van der Waals surface area contributed by atoms with Gasteiger partial charge in [0.05, 0.1) is 11.6 Å². The normalized spacial score (nSPS) is 18.3. The Labute approximate surface area is 212 Å². The molecule has 188 valence electrons. The van der Waals surface area contributed by atoms with Gasteiger partial charge in [0.2, 0.25) is 0 Å². The second-order valence-electron chi connectivity index (χ2n) is 11.0. The van der Waals surface area contributed by atoms with E-state index in [-0.39, 0.29) is 23.6 Å². The summed E-state index contributed by atoms with van der Waals surface area (Å²) in [5.74, 6) is 0.527. The smallest absolute Gasteiger partial charge is 0.410 e. The van der Waals surface area contributed by atoms with Crippen LogP contribution in [-0.4, -0.2) is 41.7 Å². The summed E-state index contributed by atoms with van der Waals surface area (Å²) in [4.78, 5) is 27.5. The summed E-state index contributed by atoms with van der Waals surface area (Å²) < 4.78 is 11.5. The van der Waals surface area contributed by atoms with Gasteiger partial charge in [-0.25, -0.2) is 4.79 Å². The SMILES string of the molecule is Cc1ccc(OCC2CCN2C(=O)OC(C)(C)C)cc1C(=O)NC1(c2cccc3ccccc23)CC1. The molecule has 1 aliphatic heterocycles. The monoisotopic (exact) mass is 486 g/mol. The molecule has 1 heterocycles. The molecule has 6 nitrogen and oxygen atoms in total. The van der Waals surface area contributed by atoms with Crippen molar-refractivity contribution in [3.05, 3.63) is 77.4 Å². The van der Waals surface area contributed by atoms with Crippen LogP contribution in [-0.2, 0) is 10.3 Å². The summed E-state index contributed by atoms with van der Waals surface area (Å²) in [5.41, 5.74) is 1.82. The first-order valence-corrected chi connectivity index (χ1v) is 12.7. The van der Waals surface area contributed by atoms with Crippen molar-refractivity contribution in [3.63, 3.8) is 0 Å².